The molecule has 1 aliphatic carbocycles. The standard InChI is InChI=1S/C27H50N2O4/c1-5-6-7-8-9-10-12-21-13-11-14-22(17-21)25(31)18-23(20(4)30)27(33)29-24(15-16-28)26(32)19(2)3/h19-24,30H,5-18,28H2,1-4H3,(H,29,33)/t20-,21-,22+,23-,24-/m0/s1. The van der Waals surface area contributed by atoms with Gasteiger partial charge in [-0.05, 0) is 38.6 Å². The molecule has 0 aromatic carbocycles. The lowest BCUT2D eigenvalue weighted by molar-refractivity contribution is -0.137. The largest absolute Gasteiger partial charge is 0.393 e. The molecule has 1 saturated carbocycles. The topological polar surface area (TPSA) is 109 Å². The van der Waals surface area contributed by atoms with Gasteiger partial charge in [-0.1, -0.05) is 78.6 Å². The number of carbonyl (C=O) groups is 3. The number of Topliss-reactive ketones (excluding diaryl/α,β-unsaturated/α-hetero) is 2. The second kappa shape index (κ2) is 16.4. The van der Waals surface area contributed by atoms with Gasteiger partial charge in [-0.3, -0.25) is 14.4 Å². The van der Waals surface area contributed by atoms with E-state index in [1.165, 1.54) is 51.4 Å². The highest BCUT2D eigenvalue weighted by Crippen LogP contribution is 2.34. The highest BCUT2D eigenvalue weighted by atomic mass is 16.3. The summed E-state index contributed by atoms with van der Waals surface area (Å²) >= 11 is 0. The van der Waals surface area contributed by atoms with Crippen molar-refractivity contribution in [3.63, 3.8) is 0 Å². The van der Waals surface area contributed by atoms with Crippen LogP contribution >= 0.6 is 0 Å². The number of carbonyl (C=O) groups excluding carboxylic acids is 3. The van der Waals surface area contributed by atoms with Crippen molar-refractivity contribution >= 4 is 17.5 Å². The molecule has 0 heterocycles. The average molecular weight is 467 g/mol. The molecule has 0 aromatic rings. The van der Waals surface area contributed by atoms with Crippen LogP contribution in [0.4, 0.5) is 0 Å². The van der Waals surface area contributed by atoms with Crippen molar-refractivity contribution in [3.8, 4) is 0 Å². The van der Waals surface area contributed by atoms with E-state index in [1.807, 2.05) is 0 Å². The molecule has 0 spiro atoms. The predicted octanol–water partition coefficient (Wildman–Crippen LogP) is 4.56. The number of hydrogen-bond donors (Lipinski definition) is 3. The number of aliphatic hydroxyl groups is 1. The van der Waals surface area contributed by atoms with Crippen molar-refractivity contribution in [2.24, 2.45) is 29.4 Å². The van der Waals surface area contributed by atoms with Crippen LogP contribution in [-0.2, 0) is 14.4 Å². The zero-order chi connectivity index (χ0) is 24.8. The van der Waals surface area contributed by atoms with Crippen LogP contribution in [0.2, 0.25) is 0 Å². The van der Waals surface area contributed by atoms with E-state index in [0.29, 0.717) is 12.3 Å². The van der Waals surface area contributed by atoms with Crippen LogP contribution in [0, 0.1) is 23.7 Å². The first-order valence-electron chi connectivity index (χ1n) is 13.5. The number of nitrogens with one attached hydrogen (secondary N) is 1. The number of rotatable bonds is 17. The Balaban J connectivity index is 2.61. The van der Waals surface area contributed by atoms with Crippen LogP contribution in [0.1, 0.15) is 111 Å². The lowest BCUT2D eigenvalue weighted by Gasteiger charge is -2.30. The Kier molecular flexibility index (Phi) is 14.8. The van der Waals surface area contributed by atoms with Gasteiger partial charge in [0.05, 0.1) is 18.1 Å². The van der Waals surface area contributed by atoms with E-state index in [1.54, 1.807) is 20.8 Å². The van der Waals surface area contributed by atoms with Crippen molar-refractivity contribution in [1.29, 1.82) is 0 Å². The summed E-state index contributed by atoms with van der Waals surface area (Å²) in [5.74, 6) is -0.907. The van der Waals surface area contributed by atoms with Crippen molar-refractivity contribution < 1.29 is 19.5 Å². The summed E-state index contributed by atoms with van der Waals surface area (Å²) in [5, 5.41) is 13.0. The summed E-state index contributed by atoms with van der Waals surface area (Å²) in [7, 11) is 0. The molecule has 6 heteroatoms. The van der Waals surface area contributed by atoms with Crippen LogP contribution in [0.3, 0.4) is 0 Å². The molecule has 1 amide bonds. The number of nitrogens with two attached hydrogens (primary N) is 1. The minimum atomic E-state index is -0.955. The molecular weight excluding hydrogens is 416 g/mol. The van der Waals surface area contributed by atoms with E-state index in [0.717, 1.165) is 19.3 Å². The molecule has 0 unspecified atom stereocenters. The van der Waals surface area contributed by atoms with Gasteiger partial charge in [0.25, 0.3) is 0 Å². The Hall–Kier alpha value is -1.27. The lowest BCUT2D eigenvalue weighted by Crippen LogP contribution is -2.48. The van der Waals surface area contributed by atoms with Crippen LogP contribution in [0.15, 0.2) is 0 Å². The Morgan fingerprint density at radius 3 is 2.30 bits per heavy atom. The summed E-state index contributed by atoms with van der Waals surface area (Å²) in [4.78, 5) is 38.4. The molecule has 0 aliphatic heterocycles. The third-order valence-corrected chi connectivity index (χ3v) is 7.23. The van der Waals surface area contributed by atoms with E-state index in [9.17, 15) is 19.5 Å². The second-order valence-electron chi connectivity index (χ2n) is 10.5. The molecule has 0 saturated heterocycles. The Labute approximate surface area is 201 Å². The van der Waals surface area contributed by atoms with Crippen LogP contribution in [-0.4, -0.2) is 41.3 Å². The number of amides is 1. The van der Waals surface area contributed by atoms with Gasteiger partial charge in [0, 0.05) is 18.3 Å². The Morgan fingerprint density at radius 1 is 1.03 bits per heavy atom. The zero-order valence-electron chi connectivity index (χ0n) is 21.6. The minimum absolute atomic E-state index is 0.0185. The molecule has 0 aromatic heterocycles. The number of aliphatic hydroxyl groups excluding tert-OH is 1. The summed E-state index contributed by atoms with van der Waals surface area (Å²) in [5.41, 5.74) is 5.63. The van der Waals surface area contributed by atoms with Gasteiger partial charge in [-0.15, -0.1) is 0 Å². The van der Waals surface area contributed by atoms with Gasteiger partial charge in [0.1, 0.15) is 5.78 Å². The van der Waals surface area contributed by atoms with E-state index in [2.05, 4.69) is 12.2 Å². The molecule has 1 rings (SSSR count). The summed E-state index contributed by atoms with van der Waals surface area (Å²) in [6, 6.07) is -0.671. The van der Waals surface area contributed by atoms with Crippen molar-refractivity contribution in [1.82, 2.24) is 5.32 Å². The third kappa shape index (κ3) is 11.1. The van der Waals surface area contributed by atoms with Crippen molar-refractivity contribution in [2.45, 2.75) is 123 Å². The normalized spacial score (nSPS) is 21.4. The van der Waals surface area contributed by atoms with E-state index in [4.69, 9.17) is 5.73 Å². The Morgan fingerprint density at radius 2 is 1.70 bits per heavy atom. The minimum Gasteiger partial charge on any atom is -0.393 e. The maximum atomic E-state index is 13.1. The highest BCUT2D eigenvalue weighted by molar-refractivity contribution is 5.93. The monoisotopic (exact) mass is 466 g/mol. The lowest BCUT2D eigenvalue weighted by atomic mass is 9.75. The molecule has 33 heavy (non-hydrogen) atoms. The third-order valence-electron chi connectivity index (χ3n) is 7.23. The van der Waals surface area contributed by atoms with Crippen LogP contribution < -0.4 is 11.1 Å². The fraction of sp³-hybridized carbons (Fsp3) is 0.889. The maximum Gasteiger partial charge on any atom is 0.226 e. The maximum absolute atomic E-state index is 13.1. The van der Waals surface area contributed by atoms with Gasteiger partial charge in [0.15, 0.2) is 5.78 Å². The molecule has 192 valence electrons. The van der Waals surface area contributed by atoms with E-state index >= 15 is 0 Å². The molecular formula is C27H50N2O4. The molecule has 1 aliphatic rings. The fourth-order valence-corrected chi connectivity index (χ4v) is 5.06. The Bertz CT molecular complexity index is 591. The average Bonchev–Trinajstić information content (AvgIpc) is 2.78. The quantitative estimate of drug-likeness (QED) is 0.272. The van der Waals surface area contributed by atoms with Gasteiger partial charge >= 0.3 is 0 Å². The molecule has 0 bridgehead atoms. The summed E-state index contributed by atoms with van der Waals surface area (Å²) < 4.78 is 0. The van der Waals surface area contributed by atoms with E-state index < -0.39 is 24.0 Å². The van der Waals surface area contributed by atoms with Crippen LogP contribution in [0.5, 0.6) is 0 Å². The fourth-order valence-electron chi connectivity index (χ4n) is 5.06. The van der Waals surface area contributed by atoms with Gasteiger partial charge < -0.3 is 16.2 Å². The van der Waals surface area contributed by atoms with Crippen LogP contribution in [0.25, 0.3) is 0 Å². The summed E-state index contributed by atoms with van der Waals surface area (Å²) in [6.45, 7) is 7.64. The second-order valence-corrected chi connectivity index (χ2v) is 10.5. The van der Waals surface area contributed by atoms with E-state index in [-0.39, 0.29) is 36.4 Å². The highest BCUT2D eigenvalue weighted by Gasteiger charge is 2.34. The van der Waals surface area contributed by atoms with Gasteiger partial charge in [-0.2, -0.15) is 0 Å². The number of hydrogen-bond acceptors (Lipinski definition) is 5. The smallest absolute Gasteiger partial charge is 0.226 e. The van der Waals surface area contributed by atoms with Crippen molar-refractivity contribution in [2.75, 3.05) is 6.54 Å². The first-order valence-corrected chi connectivity index (χ1v) is 13.5. The van der Waals surface area contributed by atoms with Gasteiger partial charge in [0.2, 0.25) is 5.91 Å². The SMILES string of the molecule is CCCCCCCC[C@H]1CCC[C@@H](C(=O)C[C@H](C(=O)N[C@@H](CCN)C(=O)C(C)C)[C@H](C)O)C1. The molecule has 1 fully saturated rings. The molecule has 5 atom stereocenters. The number of ketones is 2. The predicted molar refractivity (Wildman–Crippen MR) is 134 cm³/mol. The summed E-state index contributed by atoms with van der Waals surface area (Å²) in [6.07, 6.45) is 12.4. The molecule has 6 nitrogen and oxygen atoms in total. The number of unbranched alkanes of at least 4 members (excludes halogenated alkanes) is 5. The zero-order valence-corrected chi connectivity index (χ0v) is 21.6. The first kappa shape index (κ1) is 29.8. The van der Waals surface area contributed by atoms with Gasteiger partial charge in [-0.25, -0.2) is 0 Å². The molecule has 0 radical (unpaired) electrons. The first-order chi connectivity index (χ1) is 15.7. The molecule has 4 N–H and O–H groups in total. The van der Waals surface area contributed by atoms with Crippen molar-refractivity contribution in [3.05, 3.63) is 0 Å².